The molecule has 0 N–H and O–H groups in total. The lowest BCUT2D eigenvalue weighted by Crippen LogP contribution is -2.36. The Bertz CT molecular complexity index is 304. The van der Waals surface area contributed by atoms with Crippen LogP contribution in [0.4, 0.5) is 0 Å². The molecule has 2 rings (SSSR count). The van der Waals surface area contributed by atoms with Crippen LogP contribution in [0, 0.1) is 0 Å². The van der Waals surface area contributed by atoms with Crippen molar-refractivity contribution in [2.45, 2.75) is 19.1 Å². The largest absolute Gasteiger partial charge is 0.459 e. The highest BCUT2D eigenvalue weighted by atomic mass is 16.6. The van der Waals surface area contributed by atoms with Crippen molar-refractivity contribution in [3.05, 3.63) is 35.9 Å². The number of hydrogen-bond acceptors (Lipinski definition) is 3. The molecular weight excluding hydrogens is 180 g/mol. The summed E-state index contributed by atoms with van der Waals surface area (Å²) < 4.78 is 10.1. The molecule has 0 radical (unpaired) electrons. The van der Waals surface area contributed by atoms with E-state index in [-0.39, 0.29) is 12.1 Å². The van der Waals surface area contributed by atoms with E-state index in [1.807, 2.05) is 30.3 Å². The topological polar surface area (TPSA) is 35.5 Å². The molecule has 3 heteroatoms. The first-order chi connectivity index (χ1) is 6.86. The van der Waals surface area contributed by atoms with Crippen LogP contribution in [-0.2, 0) is 20.9 Å². The molecule has 74 valence electrons. The van der Waals surface area contributed by atoms with Crippen LogP contribution in [0.15, 0.2) is 30.3 Å². The molecule has 1 unspecified atom stereocenters. The fourth-order valence-corrected chi connectivity index (χ4v) is 1.24. The van der Waals surface area contributed by atoms with Crippen molar-refractivity contribution >= 4 is 5.97 Å². The van der Waals surface area contributed by atoms with E-state index in [0.29, 0.717) is 13.2 Å². The Morgan fingerprint density at radius 2 is 2.14 bits per heavy atom. The third-order valence-corrected chi connectivity index (χ3v) is 2.19. The van der Waals surface area contributed by atoms with Crippen LogP contribution >= 0.6 is 0 Å². The Labute approximate surface area is 82.6 Å². The summed E-state index contributed by atoms with van der Waals surface area (Å²) >= 11 is 0. The van der Waals surface area contributed by atoms with Crippen LogP contribution in [0.2, 0.25) is 0 Å². The maximum Gasteiger partial charge on any atom is 0.335 e. The second kappa shape index (κ2) is 4.24. The number of carbonyl (C=O) groups is 1. The summed E-state index contributed by atoms with van der Waals surface area (Å²) in [7, 11) is 0. The van der Waals surface area contributed by atoms with Gasteiger partial charge in [0.05, 0.1) is 6.61 Å². The van der Waals surface area contributed by atoms with E-state index in [2.05, 4.69) is 0 Å². The summed E-state index contributed by atoms with van der Waals surface area (Å²) in [6, 6.07) is 9.62. The number of esters is 1. The zero-order chi connectivity index (χ0) is 9.80. The molecular formula is C11H12O3. The molecule has 1 aromatic rings. The number of hydrogen-bond donors (Lipinski definition) is 0. The summed E-state index contributed by atoms with van der Waals surface area (Å²) in [6.07, 6.45) is 0.465. The predicted molar refractivity (Wildman–Crippen MR) is 50.6 cm³/mol. The van der Waals surface area contributed by atoms with Gasteiger partial charge in [-0.2, -0.15) is 0 Å². The normalized spacial score (nSPS) is 19.9. The van der Waals surface area contributed by atoms with Crippen LogP contribution in [0.25, 0.3) is 0 Å². The van der Waals surface area contributed by atoms with Gasteiger partial charge in [-0.25, -0.2) is 4.79 Å². The van der Waals surface area contributed by atoms with Gasteiger partial charge in [-0.3, -0.25) is 0 Å². The minimum atomic E-state index is -0.321. The van der Waals surface area contributed by atoms with Gasteiger partial charge in [-0.1, -0.05) is 30.3 Å². The lowest BCUT2D eigenvalue weighted by molar-refractivity contribution is -0.171. The van der Waals surface area contributed by atoms with Crippen molar-refractivity contribution in [2.75, 3.05) is 6.61 Å². The Hall–Kier alpha value is -1.35. The molecule has 1 atom stereocenters. The number of ether oxygens (including phenoxy) is 2. The van der Waals surface area contributed by atoms with Gasteiger partial charge in [-0.05, 0) is 5.56 Å². The van der Waals surface area contributed by atoms with Crippen molar-refractivity contribution in [3.63, 3.8) is 0 Å². The summed E-state index contributed by atoms with van der Waals surface area (Å²) in [6.45, 7) is 1.00. The van der Waals surface area contributed by atoms with Gasteiger partial charge in [0, 0.05) is 6.42 Å². The first-order valence-corrected chi connectivity index (χ1v) is 4.68. The zero-order valence-corrected chi connectivity index (χ0v) is 7.81. The van der Waals surface area contributed by atoms with E-state index < -0.39 is 0 Å². The highest BCUT2D eigenvalue weighted by molar-refractivity contribution is 5.75. The third kappa shape index (κ3) is 2.12. The smallest absolute Gasteiger partial charge is 0.335 e. The molecule has 1 aliphatic rings. The maximum absolute atomic E-state index is 11.3. The molecule has 0 amide bonds. The van der Waals surface area contributed by atoms with Crippen molar-refractivity contribution in [1.29, 1.82) is 0 Å². The van der Waals surface area contributed by atoms with Gasteiger partial charge in [0.2, 0.25) is 0 Å². The van der Waals surface area contributed by atoms with Crippen LogP contribution in [-0.4, -0.2) is 18.7 Å². The minimum Gasteiger partial charge on any atom is -0.459 e. The summed E-state index contributed by atoms with van der Waals surface area (Å²) in [5, 5.41) is 0. The Morgan fingerprint density at radius 1 is 1.43 bits per heavy atom. The molecule has 3 nitrogen and oxygen atoms in total. The van der Waals surface area contributed by atoms with Crippen molar-refractivity contribution < 1.29 is 14.3 Å². The highest BCUT2D eigenvalue weighted by Crippen LogP contribution is 2.13. The van der Waals surface area contributed by atoms with Crippen molar-refractivity contribution in [1.82, 2.24) is 0 Å². The van der Waals surface area contributed by atoms with Crippen LogP contribution in [0.5, 0.6) is 0 Å². The molecule has 1 saturated heterocycles. The van der Waals surface area contributed by atoms with Crippen LogP contribution < -0.4 is 0 Å². The molecule has 1 fully saturated rings. The second-order valence-corrected chi connectivity index (χ2v) is 3.24. The van der Waals surface area contributed by atoms with E-state index in [0.717, 1.165) is 12.0 Å². The van der Waals surface area contributed by atoms with Crippen molar-refractivity contribution in [3.8, 4) is 0 Å². The first kappa shape index (κ1) is 9.21. The molecule has 0 aliphatic carbocycles. The quantitative estimate of drug-likeness (QED) is 0.681. The molecule has 1 aliphatic heterocycles. The first-order valence-electron chi connectivity index (χ1n) is 4.68. The zero-order valence-electron chi connectivity index (χ0n) is 7.81. The summed E-state index contributed by atoms with van der Waals surface area (Å²) in [5.74, 6) is -0.250. The van der Waals surface area contributed by atoms with E-state index in [9.17, 15) is 4.79 Å². The second-order valence-electron chi connectivity index (χ2n) is 3.24. The highest BCUT2D eigenvalue weighted by Gasteiger charge is 2.27. The van der Waals surface area contributed by atoms with E-state index in [1.54, 1.807) is 0 Å². The minimum absolute atomic E-state index is 0.250. The van der Waals surface area contributed by atoms with Gasteiger partial charge in [0.15, 0.2) is 6.10 Å². The lowest BCUT2D eigenvalue weighted by atomic mass is 10.2. The molecule has 1 heterocycles. The van der Waals surface area contributed by atoms with E-state index in [4.69, 9.17) is 9.47 Å². The fourth-order valence-electron chi connectivity index (χ4n) is 1.24. The standard InChI is InChI=1S/C11H12O3/c12-11(10-6-7-13-10)14-8-9-4-2-1-3-5-9/h1-5,10H,6-8H2. The average Bonchev–Trinajstić information content (AvgIpc) is 2.14. The number of rotatable bonds is 3. The molecule has 1 aromatic carbocycles. The van der Waals surface area contributed by atoms with Gasteiger partial charge in [0.25, 0.3) is 0 Å². The maximum atomic E-state index is 11.3. The monoisotopic (exact) mass is 192 g/mol. The Kier molecular flexibility index (Phi) is 2.79. The molecule has 0 aromatic heterocycles. The third-order valence-electron chi connectivity index (χ3n) is 2.19. The van der Waals surface area contributed by atoms with Crippen LogP contribution in [0.3, 0.4) is 0 Å². The fraction of sp³-hybridized carbons (Fsp3) is 0.364. The molecule has 0 spiro atoms. The predicted octanol–water partition coefficient (Wildman–Crippen LogP) is 1.52. The molecule has 14 heavy (non-hydrogen) atoms. The summed E-state index contributed by atoms with van der Waals surface area (Å²) in [5.41, 5.74) is 1.00. The van der Waals surface area contributed by atoms with Gasteiger partial charge < -0.3 is 9.47 Å². The van der Waals surface area contributed by atoms with Gasteiger partial charge >= 0.3 is 5.97 Å². The SMILES string of the molecule is O=C(OCc1ccccc1)C1CCO1. The van der Waals surface area contributed by atoms with Gasteiger partial charge in [-0.15, -0.1) is 0 Å². The lowest BCUT2D eigenvalue weighted by Gasteiger charge is -2.24. The molecule has 0 saturated carbocycles. The van der Waals surface area contributed by atoms with Gasteiger partial charge in [0.1, 0.15) is 6.61 Å². The molecule has 0 bridgehead atoms. The average molecular weight is 192 g/mol. The summed E-state index contributed by atoms with van der Waals surface area (Å²) in [4.78, 5) is 11.3. The number of benzene rings is 1. The van der Waals surface area contributed by atoms with Crippen LogP contribution in [0.1, 0.15) is 12.0 Å². The number of carbonyl (C=O) groups excluding carboxylic acids is 1. The van der Waals surface area contributed by atoms with Crippen molar-refractivity contribution in [2.24, 2.45) is 0 Å². The Balaban J connectivity index is 1.79. The van der Waals surface area contributed by atoms with E-state index in [1.165, 1.54) is 0 Å². The van der Waals surface area contributed by atoms with E-state index >= 15 is 0 Å². The Morgan fingerprint density at radius 3 is 2.71 bits per heavy atom.